The molecule has 0 bridgehead atoms. The van der Waals surface area contributed by atoms with Gasteiger partial charge in [-0.2, -0.15) is 0 Å². The molecule has 0 atom stereocenters. The van der Waals surface area contributed by atoms with Gasteiger partial charge < -0.3 is 14.7 Å². The maximum absolute atomic E-state index is 2.57. The summed E-state index contributed by atoms with van der Waals surface area (Å²) in [5.41, 5.74) is 23.8. The zero-order valence-electron chi connectivity index (χ0n) is 38.7. The molecule has 0 amide bonds. The highest BCUT2D eigenvalue weighted by molar-refractivity contribution is 7.00. The Morgan fingerprint density at radius 1 is 0.438 bits per heavy atom. The summed E-state index contributed by atoms with van der Waals surface area (Å²) >= 11 is 0. The van der Waals surface area contributed by atoms with E-state index < -0.39 is 0 Å². The molecule has 64 heavy (non-hydrogen) atoms. The van der Waals surface area contributed by atoms with Gasteiger partial charge in [0.2, 0.25) is 0 Å². The van der Waals surface area contributed by atoms with Crippen molar-refractivity contribution in [2.45, 2.75) is 78.6 Å². The van der Waals surface area contributed by atoms with Crippen LogP contribution in [0.25, 0.3) is 11.1 Å². The number of benzene rings is 8. The van der Waals surface area contributed by atoms with Crippen LogP contribution in [0.5, 0.6) is 0 Å². The van der Waals surface area contributed by atoms with Crippen LogP contribution in [0.1, 0.15) is 83.2 Å². The maximum atomic E-state index is 2.57. The average Bonchev–Trinajstić information content (AvgIpc) is 3.51. The van der Waals surface area contributed by atoms with Gasteiger partial charge in [-0.3, -0.25) is 0 Å². The molecular formula is C60H56BN3. The Balaban J connectivity index is 1.19. The Kier molecular flexibility index (Phi) is 8.99. The second-order valence-corrected chi connectivity index (χ2v) is 20.8. The Bertz CT molecular complexity index is 3080. The quantitative estimate of drug-likeness (QED) is 0.160. The van der Waals surface area contributed by atoms with Gasteiger partial charge in [0.15, 0.2) is 0 Å². The topological polar surface area (TPSA) is 9.72 Å². The molecule has 4 heteroatoms. The normalized spacial score (nSPS) is 14.4. The lowest BCUT2D eigenvalue weighted by Gasteiger charge is -2.45. The molecule has 1 aliphatic carbocycles. The van der Waals surface area contributed by atoms with E-state index in [0.29, 0.717) is 0 Å². The summed E-state index contributed by atoms with van der Waals surface area (Å²) in [4.78, 5) is 7.52. The standard InChI is InChI=1S/C60H56BN3/c1-39-34-55-57-56(35-39)64(45-29-31-50-48(37-45)47-22-16-17-23-49(47)60(50,8)9)53-33-26-41(59(5,6)7)36-52(53)61(57)51-32-30-46(62(42-18-12-10-13-19-42)43-20-14-11-15-21-43)38-54(51)63(55)44-27-24-40(25-28-44)58(2,3)4/h10-38H,1-9H3. The smallest absolute Gasteiger partial charge is 0.252 e. The molecule has 0 N–H and O–H groups in total. The average molecular weight is 830 g/mol. The van der Waals surface area contributed by atoms with Crippen molar-refractivity contribution in [3.05, 3.63) is 204 Å². The van der Waals surface area contributed by atoms with Gasteiger partial charge in [-0.25, -0.2) is 0 Å². The van der Waals surface area contributed by atoms with Crippen LogP contribution in [0, 0.1) is 6.92 Å². The lowest BCUT2D eigenvalue weighted by molar-refractivity contribution is 0.590. The molecule has 314 valence electrons. The van der Waals surface area contributed by atoms with Crippen LogP contribution in [0.3, 0.4) is 0 Å². The molecule has 2 heterocycles. The first-order chi connectivity index (χ1) is 30.7. The van der Waals surface area contributed by atoms with E-state index in [4.69, 9.17) is 0 Å². The lowest BCUT2D eigenvalue weighted by atomic mass is 9.33. The number of rotatable bonds is 5. The van der Waals surface area contributed by atoms with Gasteiger partial charge in [0.25, 0.3) is 6.71 Å². The first-order valence-corrected chi connectivity index (χ1v) is 23.0. The summed E-state index contributed by atoms with van der Waals surface area (Å²) in [6, 6.07) is 66.5. The number of anilines is 9. The van der Waals surface area contributed by atoms with Gasteiger partial charge in [-0.15, -0.1) is 0 Å². The summed E-state index contributed by atoms with van der Waals surface area (Å²) in [5, 5.41) is 0. The van der Waals surface area contributed by atoms with Gasteiger partial charge >= 0.3 is 0 Å². The number of hydrogen-bond donors (Lipinski definition) is 0. The fraction of sp³-hybridized carbons (Fsp3) is 0.200. The number of nitrogens with zero attached hydrogens (tertiary/aromatic N) is 3. The Hall–Kier alpha value is -6.78. The zero-order chi connectivity index (χ0) is 44.3. The van der Waals surface area contributed by atoms with Crippen molar-refractivity contribution < 1.29 is 0 Å². The predicted octanol–water partition coefficient (Wildman–Crippen LogP) is 14.4. The first kappa shape index (κ1) is 40.0. The van der Waals surface area contributed by atoms with Crippen molar-refractivity contribution in [2.24, 2.45) is 0 Å². The van der Waals surface area contributed by atoms with Crippen LogP contribution in [0.15, 0.2) is 176 Å². The molecule has 0 aromatic heterocycles. The third-order valence-electron chi connectivity index (χ3n) is 14.2. The maximum Gasteiger partial charge on any atom is 0.252 e. The van der Waals surface area contributed by atoms with E-state index >= 15 is 0 Å². The monoisotopic (exact) mass is 829 g/mol. The highest BCUT2D eigenvalue weighted by Gasteiger charge is 2.45. The van der Waals surface area contributed by atoms with Crippen LogP contribution >= 0.6 is 0 Å². The second kappa shape index (κ2) is 14.4. The Morgan fingerprint density at radius 2 is 1.00 bits per heavy atom. The SMILES string of the molecule is Cc1cc2c3c(c1)N(c1ccc(C(C)(C)C)cc1)c1cc(N(c4ccccc4)c4ccccc4)ccc1B3c1cc(C(C)(C)C)ccc1N2c1ccc2c(c1)-c1ccccc1C2(C)C. The van der Waals surface area contributed by atoms with E-state index in [-0.39, 0.29) is 23.0 Å². The first-order valence-electron chi connectivity index (χ1n) is 23.0. The summed E-state index contributed by atoms with van der Waals surface area (Å²) < 4.78 is 0. The van der Waals surface area contributed by atoms with Crippen molar-refractivity contribution in [3.8, 4) is 11.1 Å². The number of para-hydroxylation sites is 2. The third kappa shape index (κ3) is 6.25. The van der Waals surface area contributed by atoms with Crippen LogP contribution in [0.4, 0.5) is 51.2 Å². The largest absolute Gasteiger partial charge is 0.311 e. The van der Waals surface area contributed by atoms with Crippen LogP contribution in [-0.2, 0) is 16.2 Å². The lowest BCUT2D eigenvalue weighted by Crippen LogP contribution is -2.61. The summed E-state index contributed by atoms with van der Waals surface area (Å²) in [5.74, 6) is 0. The molecule has 0 radical (unpaired) electrons. The molecule has 3 nitrogen and oxygen atoms in total. The fourth-order valence-electron chi connectivity index (χ4n) is 10.8. The van der Waals surface area contributed by atoms with Crippen LogP contribution in [0.2, 0.25) is 0 Å². The summed E-state index contributed by atoms with van der Waals surface area (Å²) in [6.45, 7) is 20.9. The van der Waals surface area contributed by atoms with Crippen molar-refractivity contribution in [2.75, 3.05) is 14.7 Å². The Morgan fingerprint density at radius 3 is 1.64 bits per heavy atom. The number of aryl methyl sites for hydroxylation is 1. The van der Waals surface area contributed by atoms with E-state index in [2.05, 4.69) is 253 Å². The van der Waals surface area contributed by atoms with Crippen molar-refractivity contribution in [1.29, 1.82) is 0 Å². The van der Waals surface area contributed by atoms with Crippen molar-refractivity contribution in [1.82, 2.24) is 0 Å². The fourth-order valence-corrected chi connectivity index (χ4v) is 10.8. The van der Waals surface area contributed by atoms with Gasteiger partial charge in [0, 0.05) is 56.6 Å². The summed E-state index contributed by atoms with van der Waals surface area (Å²) in [7, 11) is 0. The molecule has 0 unspecified atom stereocenters. The molecule has 0 saturated heterocycles. The summed E-state index contributed by atoms with van der Waals surface area (Å²) in [6.07, 6.45) is 0. The molecule has 11 rings (SSSR count). The van der Waals surface area contributed by atoms with E-state index in [0.717, 1.165) is 22.7 Å². The Labute approximate surface area is 380 Å². The predicted molar refractivity (Wildman–Crippen MR) is 275 cm³/mol. The minimum atomic E-state index is -0.0678. The van der Waals surface area contributed by atoms with E-state index in [1.54, 1.807) is 0 Å². The minimum absolute atomic E-state index is 0.00397. The molecule has 0 saturated carbocycles. The van der Waals surface area contributed by atoms with Gasteiger partial charge in [-0.05, 0) is 152 Å². The number of hydrogen-bond acceptors (Lipinski definition) is 3. The van der Waals surface area contributed by atoms with Crippen LogP contribution in [-0.4, -0.2) is 6.71 Å². The molecule has 0 fully saturated rings. The molecule has 8 aromatic carbocycles. The van der Waals surface area contributed by atoms with Crippen molar-refractivity contribution in [3.63, 3.8) is 0 Å². The highest BCUT2D eigenvalue weighted by Crippen LogP contribution is 2.52. The van der Waals surface area contributed by atoms with Crippen molar-refractivity contribution >= 4 is 74.3 Å². The second-order valence-electron chi connectivity index (χ2n) is 20.8. The van der Waals surface area contributed by atoms with Gasteiger partial charge in [0.1, 0.15) is 0 Å². The van der Waals surface area contributed by atoms with Gasteiger partial charge in [-0.1, -0.05) is 152 Å². The van der Waals surface area contributed by atoms with Crippen LogP contribution < -0.4 is 31.1 Å². The van der Waals surface area contributed by atoms with E-state index in [9.17, 15) is 0 Å². The third-order valence-corrected chi connectivity index (χ3v) is 14.2. The van der Waals surface area contributed by atoms with E-state index in [1.807, 2.05) is 0 Å². The molecule has 8 aromatic rings. The highest BCUT2D eigenvalue weighted by atomic mass is 15.2. The minimum Gasteiger partial charge on any atom is -0.311 e. The van der Waals surface area contributed by atoms with E-state index in [1.165, 1.54) is 83.8 Å². The molecular weight excluding hydrogens is 773 g/mol. The zero-order valence-corrected chi connectivity index (χ0v) is 38.7. The number of fused-ring (bicyclic) bond motifs is 7. The molecule has 0 spiro atoms. The van der Waals surface area contributed by atoms with Gasteiger partial charge in [0.05, 0.1) is 0 Å². The molecule has 3 aliphatic rings. The molecule has 2 aliphatic heterocycles.